The SMILES string of the molecule is O=C(CSc1ccccc1)Nc1c(C(=O)N2CCOCC2)oc2ccccc12. The summed E-state index contributed by atoms with van der Waals surface area (Å²) < 4.78 is 11.1. The predicted octanol–water partition coefficient (Wildman–Crippen LogP) is 3.64. The maximum Gasteiger partial charge on any atom is 0.291 e. The van der Waals surface area contributed by atoms with E-state index in [1.165, 1.54) is 11.8 Å². The second-order valence-electron chi connectivity index (χ2n) is 6.36. The number of hydrogen-bond acceptors (Lipinski definition) is 5. The quantitative estimate of drug-likeness (QED) is 0.667. The van der Waals surface area contributed by atoms with Gasteiger partial charge in [-0.15, -0.1) is 11.8 Å². The highest BCUT2D eigenvalue weighted by Gasteiger charge is 2.27. The molecule has 1 aliphatic heterocycles. The van der Waals surface area contributed by atoms with E-state index in [2.05, 4.69) is 5.32 Å². The van der Waals surface area contributed by atoms with Crippen LogP contribution in [0, 0.1) is 0 Å². The molecule has 0 atom stereocenters. The molecule has 2 heterocycles. The molecule has 1 N–H and O–H groups in total. The first-order valence-electron chi connectivity index (χ1n) is 9.08. The average Bonchev–Trinajstić information content (AvgIpc) is 3.11. The number of nitrogens with one attached hydrogen (secondary N) is 1. The topological polar surface area (TPSA) is 71.8 Å². The molecule has 28 heavy (non-hydrogen) atoms. The Kier molecular flexibility index (Phi) is 5.64. The number of carbonyl (C=O) groups excluding carboxylic acids is 2. The second-order valence-corrected chi connectivity index (χ2v) is 7.41. The summed E-state index contributed by atoms with van der Waals surface area (Å²) >= 11 is 1.44. The molecule has 4 rings (SSSR count). The van der Waals surface area contributed by atoms with E-state index < -0.39 is 0 Å². The Bertz CT molecular complexity index is 980. The summed E-state index contributed by atoms with van der Waals surface area (Å²) in [4.78, 5) is 28.2. The Balaban J connectivity index is 1.56. The number of benzene rings is 2. The molecule has 0 unspecified atom stereocenters. The zero-order chi connectivity index (χ0) is 19.3. The number of anilines is 1. The Morgan fingerprint density at radius 1 is 1.00 bits per heavy atom. The highest BCUT2D eigenvalue weighted by molar-refractivity contribution is 8.00. The number of nitrogens with zero attached hydrogens (tertiary/aromatic N) is 1. The fraction of sp³-hybridized carbons (Fsp3) is 0.238. The maximum absolute atomic E-state index is 13.0. The Morgan fingerprint density at radius 3 is 2.50 bits per heavy atom. The molecule has 144 valence electrons. The van der Waals surface area contributed by atoms with Crippen LogP contribution >= 0.6 is 11.8 Å². The van der Waals surface area contributed by atoms with Gasteiger partial charge in [0.2, 0.25) is 11.7 Å². The number of rotatable bonds is 5. The molecule has 0 aliphatic carbocycles. The molecule has 0 bridgehead atoms. The fourth-order valence-electron chi connectivity index (χ4n) is 3.07. The van der Waals surface area contributed by atoms with Crippen molar-refractivity contribution in [3.05, 3.63) is 60.4 Å². The molecule has 2 aromatic carbocycles. The van der Waals surface area contributed by atoms with Gasteiger partial charge in [0.25, 0.3) is 5.91 Å². The minimum atomic E-state index is -0.231. The third-order valence-electron chi connectivity index (χ3n) is 4.47. The first-order valence-corrected chi connectivity index (χ1v) is 10.1. The number of carbonyl (C=O) groups is 2. The maximum atomic E-state index is 13.0. The van der Waals surface area contributed by atoms with E-state index in [1.54, 1.807) is 11.0 Å². The van der Waals surface area contributed by atoms with Gasteiger partial charge in [0, 0.05) is 23.4 Å². The van der Waals surface area contributed by atoms with E-state index in [-0.39, 0.29) is 23.3 Å². The predicted molar refractivity (Wildman–Crippen MR) is 109 cm³/mol. The van der Waals surface area contributed by atoms with Crippen molar-refractivity contribution in [3.63, 3.8) is 0 Å². The summed E-state index contributed by atoms with van der Waals surface area (Å²) in [5, 5.41) is 3.61. The average molecular weight is 396 g/mol. The largest absolute Gasteiger partial charge is 0.449 e. The summed E-state index contributed by atoms with van der Waals surface area (Å²) in [5.74, 6) is -0.00238. The monoisotopic (exact) mass is 396 g/mol. The lowest BCUT2D eigenvalue weighted by atomic mass is 10.2. The highest BCUT2D eigenvalue weighted by Crippen LogP contribution is 2.32. The van der Waals surface area contributed by atoms with Crippen molar-refractivity contribution >= 4 is 40.2 Å². The normalized spacial score (nSPS) is 14.2. The molecule has 0 spiro atoms. The molecule has 7 heteroatoms. The van der Waals surface area contributed by atoms with Crippen LogP contribution in [0.4, 0.5) is 5.69 Å². The molecule has 2 amide bonds. The van der Waals surface area contributed by atoms with Gasteiger partial charge < -0.3 is 19.4 Å². The lowest BCUT2D eigenvalue weighted by molar-refractivity contribution is -0.113. The van der Waals surface area contributed by atoms with Gasteiger partial charge in [0.1, 0.15) is 11.3 Å². The molecule has 0 saturated carbocycles. The summed E-state index contributed by atoms with van der Waals surface area (Å²) in [5.41, 5.74) is 1.01. The third kappa shape index (κ3) is 4.05. The van der Waals surface area contributed by atoms with Gasteiger partial charge in [0.15, 0.2) is 0 Å². The second kappa shape index (κ2) is 8.50. The molecule has 3 aromatic rings. The van der Waals surface area contributed by atoms with E-state index in [4.69, 9.17) is 9.15 Å². The molecule has 1 aromatic heterocycles. The van der Waals surface area contributed by atoms with Crippen LogP contribution < -0.4 is 5.32 Å². The van der Waals surface area contributed by atoms with Crippen LogP contribution in [-0.2, 0) is 9.53 Å². The summed E-state index contributed by atoms with van der Waals surface area (Å²) in [6.07, 6.45) is 0. The molecule has 0 radical (unpaired) electrons. The number of ether oxygens (including phenoxy) is 1. The molecule has 6 nitrogen and oxygen atoms in total. The molecule has 1 fully saturated rings. The molecular formula is C21H20N2O4S. The van der Waals surface area contributed by atoms with E-state index in [0.717, 1.165) is 10.3 Å². The summed E-state index contributed by atoms with van der Waals surface area (Å²) in [6, 6.07) is 17.0. The smallest absolute Gasteiger partial charge is 0.291 e. The van der Waals surface area contributed by atoms with Crippen LogP contribution in [0.1, 0.15) is 10.6 Å². The minimum Gasteiger partial charge on any atom is -0.449 e. The fourth-order valence-corrected chi connectivity index (χ4v) is 3.79. The zero-order valence-corrected chi connectivity index (χ0v) is 16.0. The van der Waals surface area contributed by atoms with Gasteiger partial charge >= 0.3 is 0 Å². The zero-order valence-electron chi connectivity index (χ0n) is 15.2. The Hall–Kier alpha value is -2.77. The number of fused-ring (bicyclic) bond motifs is 1. The van der Waals surface area contributed by atoms with Crippen LogP contribution in [0.25, 0.3) is 11.0 Å². The number of amides is 2. The highest BCUT2D eigenvalue weighted by atomic mass is 32.2. The number of morpholine rings is 1. The van der Waals surface area contributed by atoms with Crippen LogP contribution in [-0.4, -0.2) is 48.8 Å². The number of hydrogen-bond donors (Lipinski definition) is 1. The van der Waals surface area contributed by atoms with Crippen molar-refractivity contribution in [1.82, 2.24) is 4.90 Å². The van der Waals surface area contributed by atoms with Crippen LogP contribution in [0.5, 0.6) is 0 Å². The van der Waals surface area contributed by atoms with Crippen LogP contribution in [0.2, 0.25) is 0 Å². The van der Waals surface area contributed by atoms with Crippen molar-refractivity contribution in [2.45, 2.75) is 4.90 Å². The van der Waals surface area contributed by atoms with Gasteiger partial charge in [-0.2, -0.15) is 0 Å². The van der Waals surface area contributed by atoms with Gasteiger partial charge in [0.05, 0.1) is 19.0 Å². The standard InChI is InChI=1S/C21H20N2O4S/c24-18(14-28-15-6-2-1-3-7-15)22-19-16-8-4-5-9-17(16)27-20(19)21(25)23-10-12-26-13-11-23/h1-9H,10-14H2,(H,22,24). The van der Waals surface area contributed by atoms with E-state index >= 15 is 0 Å². The van der Waals surface area contributed by atoms with E-state index in [0.29, 0.717) is 37.6 Å². The van der Waals surface area contributed by atoms with E-state index in [1.807, 2.05) is 48.5 Å². The number of furan rings is 1. The number of para-hydroxylation sites is 1. The van der Waals surface area contributed by atoms with Crippen molar-refractivity contribution in [1.29, 1.82) is 0 Å². The lowest BCUT2D eigenvalue weighted by Crippen LogP contribution is -2.40. The molecule has 1 aliphatic rings. The summed E-state index contributed by atoms with van der Waals surface area (Å²) in [6.45, 7) is 2.02. The lowest BCUT2D eigenvalue weighted by Gasteiger charge is -2.26. The Morgan fingerprint density at radius 2 is 1.71 bits per heavy atom. The third-order valence-corrected chi connectivity index (χ3v) is 5.48. The van der Waals surface area contributed by atoms with Crippen molar-refractivity contribution in [2.24, 2.45) is 0 Å². The van der Waals surface area contributed by atoms with Gasteiger partial charge in [-0.05, 0) is 24.3 Å². The Labute approximate surface area is 166 Å². The first kappa shape index (κ1) is 18.6. The van der Waals surface area contributed by atoms with Crippen molar-refractivity contribution in [2.75, 3.05) is 37.4 Å². The van der Waals surface area contributed by atoms with Gasteiger partial charge in [-0.3, -0.25) is 9.59 Å². The van der Waals surface area contributed by atoms with Crippen molar-refractivity contribution < 1.29 is 18.7 Å². The summed E-state index contributed by atoms with van der Waals surface area (Å²) in [7, 11) is 0. The van der Waals surface area contributed by atoms with E-state index in [9.17, 15) is 9.59 Å². The van der Waals surface area contributed by atoms with Gasteiger partial charge in [-0.1, -0.05) is 30.3 Å². The molecular weight excluding hydrogens is 376 g/mol. The number of thioether (sulfide) groups is 1. The first-order chi connectivity index (χ1) is 13.7. The minimum absolute atomic E-state index is 0.168. The van der Waals surface area contributed by atoms with Crippen LogP contribution in [0.15, 0.2) is 63.9 Å². The van der Waals surface area contributed by atoms with Crippen molar-refractivity contribution in [3.8, 4) is 0 Å². The van der Waals surface area contributed by atoms with Crippen LogP contribution in [0.3, 0.4) is 0 Å². The molecule has 1 saturated heterocycles. The van der Waals surface area contributed by atoms with Gasteiger partial charge in [-0.25, -0.2) is 0 Å².